The minimum Gasteiger partial charge on any atom is -0.468 e. The molecule has 0 saturated heterocycles. The van der Waals surface area contributed by atoms with Crippen LogP contribution in [0.3, 0.4) is 0 Å². The number of aromatic nitrogens is 1. The normalized spacial score (nSPS) is 13.8. The molecule has 0 fully saturated rings. The first-order valence-corrected chi connectivity index (χ1v) is 14.1. The van der Waals surface area contributed by atoms with Crippen LogP contribution in [0.25, 0.3) is 10.9 Å². The molecule has 0 aliphatic carbocycles. The topological polar surface area (TPSA) is 87.9 Å². The van der Waals surface area contributed by atoms with Gasteiger partial charge in [0.2, 0.25) is 10.0 Å². The molecule has 8 nitrogen and oxygen atoms in total. The lowest BCUT2D eigenvalue weighted by Crippen LogP contribution is -2.35. The van der Waals surface area contributed by atoms with E-state index in [1.54, 1.807) is 37.4 Å². The Hall–Kier alpha value is -3.24. The summed E-state index contributed by atoms with van der Waals surface area (Å²) in [6.07, 6.45) is 1.53. The summed E-state index contributed by atoms with van der Waals surface area (Å²) in [6.45, 7) is 4.89. The minimum atomic E-state index is -3.78. The van der Waals surface area contributed by atoms with E-state index in [1.807, 2.05) is 12.1 Å². The first kappa shape index (κ1) is 27.8. The predicted octanol–water partition coefficient (Wildman–Crippen LogP) is 5.08. The van der Waals surface area contributed by atoms with Gasteiger partial charge in [-0.15, -0.1) is 0 Å². The summed E-state index contributed by atoms with van der Waals surface area (Å²) in [5.74, 6) is 1.30. The van der Waals surface area contributed by atoms with Crippen LogP contribution in [0, 0.1) is 6.92 Å². The Labute approximate surface area is 225 Å². The number of benzene rings is 2. The monoisotopic (exact) mass is 536 g/mol. The summed E-state index contributed by atoms with van der Waals surface area (Å²) >= 11 is 0. The molecule has 0 spiro atoms. The maximum atomic E-state index is 13.5. The predicted molar refractivity (Wildman–Crippen MR) is 151 cm³/mol. The van der Waals surface area contributed by atoms with E-state index in [0.29, 0.717) is 11.3 Å². The van der Waals surface area contributed by atoms with Gasteiger partial charge in [-0.05, 0) is 81.5 Å². The van der Waals surface area contributed by atoms with Crippen molar-refractivity contribution in [1.29, 1.82) is 0 Å². The maximum Gasteiger partial charge on any atom is 0.243 e. The number of pyridine rings is 1. The standard InChI is InChI=1S/C29H36N4O4S/c1-21-9-6-7-11-26(21)29(32(3)4)22(2)30-28-15-12-23-19-25(13-14-27(23)31-28)38(34,35)33(16-18-36-5)20-24-10-8-17-37-24/h6-15,17,19,22,29H,16,18,20H2,1-5H3,(H,30,31). The van der Waals surface area contributed by atoms with Crippen LogP contribution in [0.4, 0.5) is 5.82 Å². The van der Waals surface area contributed by atoms with E-state index in [1.165, 1.54) is 21.7 Å². The van der Waals surface area contributed by atoms with Crippen molar-refractivity contribution < 1.29 is 17.6 Å². The lowest BCUT2D eigenvalue weighted by Gasteiger charge is -2.32. The molecule has 2 atom stereocenters. The molecule has 4 rings (SSSR count). The largest absolute Gasteiger partial charge is 0.468 e. The molecular weight excluding hydrogens is 500 g/mol. The summed E-state index contributed by atoms with van der Waals surface area (Å²) in [5.41, 5.74) is 3.22. The second-order valence-electron chi connectivity index (χ2n) is 9.66. The molecule has 4 aromatic rings. The number of methoxy groups -OCH3 is 1. The van der Waals surface area contributed by atoms with Gasteiger partial charge in [0.05, 0.1) is 35.9 Å². The molecule has 1 N–H and O–H groups in total. The SMILES string of the molecule is COCCN(Cc1ccco1)S(=O)(=O)c1ccc2nc(NC(C)C(c3ccccc3C)N(C)C)ccc2c1. The Kier molecular flexibility index (Phi) is 8.83. The van der Waals surface area contributed by atoms with Gasteiger partial charge in [-0.2, -0.15) is 4.31 Å². The number of nitrogens with zero attached hydrogens (tertiary/aromatic N) is 3. The highest BCUT2D eigenvalue weighted by Crippen LogP contribution is 2.28. The van der Waals surface area contributed by atoms with Crippen molar-refractivity contribution in [2.75, 3.05) is 39.7 Å². The highest BCUT2D eigenvalue weighted by Gasteiger charge is 2.26. The van der Waals surface area contributed by atoms with Gasteiger partial charge in [-0.3, -0.25) is 0 Å². The number of rotatable bonds is 12. The van der Waals surface area contributed by atoms with Gasteiger partial charge < -0.3 is 19.4 Å². The van der Waals surface area contributed by atoms with Crippen LogP contribution in [0.2, 0.25) is 0 Å². The molecule has 0 aliphatic heterocycles. The van der Waals surface area contributed by atoms with E-state index in [4.69, 9.17) is 14.1 Å². The zero-order chi connectivity index (χ0) is 27.3. The zero-order valence-electron chi connectivity index (χ0n) is 22.6. The molecule has 202 valence electrons. The van der Waals surface area contributed by atoms with Crippen LogP contribution in [-0.4, -0.2) is 63.0 Å². The Morgan fingerprint density at radius 1 is 1.05 bits per heavy atom. The molecule has 0 saturated carbocycles. The lowest BCUT2D eigenvalue weighted by molar-refractivity contribution is 0.175. The number of nitrogens with one attached hydrogen (secondary N) is 1. The summed E-state index contributed by atoms with van der Waals surface area (Å²) in [5, 5.41) is 4.30. The van der Waals surface area contributed by atoms with Crippen molar-refractivity contribution in [1.82, 2.24) is 14.2 Å². The number of anilines is 1. The van der Waals surface area contributed by atoms with Crippen LogP contribution in [-0.2, 0) is 21.3 Å². The van der Waals surface area contributed by atoms with E-state index >= 15 is 0 Å². The Morgan fingerprint density at radius 2 is 1.84 bits per heavy atom. The van der Waals surface area contributed by atoms with Gasteiger partial charge in [-0.25, -0.2) is 13.4 Å². The Morgan fingerprint density at radius 3 is 2.53 bits per heavy atom. The fraction of sp³-hybridized carbons (Fsp3) is 0.345. The number of hydrogen-bond donors (Lipinski definition) is 1. The Bertz CT molecular complexity index is 1450. The number of fused-ring (bicyclic) bond motifs is 1. The van der Waals surface area contributed by atoms with Gasteiger partial charge in [0, 0.05) is 25.1 Å². The first-order valence-electron chi connectivity index (χ1n) is 12.6. The summed E-state index contributed by atoms with van der Waals surface area (Å²) < 4.78 is 38.9. The van der Waals surface area contributed by atoms with Gasteiger partial charge in [0.25, 0.3) is 0 Å². The highest BCUT2D eigenvalue weighted by atomic mass is 32.2. The molecule has 38 heavy (non-hydrogen) atoms. The van der Waals surface area contributed by atoms with Gasteiger partial charge >= 0.3 is 0 Å². The van der Waals surface area contributed by atoms with Crippen LogP contribution in [0.1, 0.15) is 29.9 Å². The second-order valence-corrected chi connectivity index (χ2v) is 11.6. The average molecular weight is 537 g/mol. The Balaban J connectivity index is 1.57. The summed E-state index contributed by atoms with van der Waals surface area (Å²) in [7, 11) is 1.92. The molecule has 0 radical (unpaired) electrons. The van der Waals surface area contributed by atoms with Gasteiger partial charge in [0.1, 0.15) is 11.6 Å². The third kappa shape index (κ3) is 6.24. The van der Waals surface area contributed by atoms with Crippen LogP contribution < -0.4 is 5.32 Å². The molecule has 0 amide bonds. The smallest absolute Gasteiger partial charge is 0.243 e. The lowest BCUT2D eigenvalue weighted by atomic mass is 9.95. The fourth-order valence-electron chi connectivity index (χ4n) is 4.77. The molecule has 2 heterocycles. The van der Waals surface area contributed by atoms with Crippen LogP contribution in [0.15, 0.2) is 82.3 Å². The van der Waals surface area contributed by atoms with E-state index in [-0.39, 0.29) is 36.7 Å². The number of aryl methyl sites for hydroxylation is 1. The third-order valence-electron chi connectivity index (χ3n) is 6.67. The van der Waals surface area contributed by atoms with Crippen molar-refractivity contribution in [3.8, 4) is 0 Å². The van der Waals surface area contributed by atoms with Crippen molar-refractivity contribution in [2.45, 2.75) is 37.4 Å². The van der Waals surface area contributed by atoms with Crippen molar-refractivity contribution in [3.63, 3.8) is 0 Å². The van der Waals surface area contributed by atoms with Crippen molar-refractivity contribution in [3.05, 3.63) is 89.9 Å². The molecular formula is C29H36N4O4S. The van der Waals surface area contributed by atoms with Gasteiger partial charge in [-0.1, -0.05) is 24.3 Å². The number of sulfonamides is 1. The molecule has 9 heteroatoms. The zero-order valence-corrected chi connectivity index (χ0v) is 23.4. The quantitative estimate of drug-likeness (QED) is 0.270. The minimum absolute atomic E-state index is 0.0756. The molecule has 0 bridgehead atoms. The highest BCUT2D eigenvalue weighted by molar-refractivity contribution is 7.89. The maximum absolute atomic E-state index is 13.5. The number of likely N-dealkylation sites (N-methyl/N-ethyl adjacent to an activating group) is 1. The summed E-state index contributed by atoms with van der Waals surface area (Å²) in [4.78, 5) is 7.19. The molecule has 0 aliphatic rings. The third-order valence-corrected chi connectivity index (χ3v) is 8.51. The number of furan rings is 1. The van der Waals surface area contributed by atoms with Gasteiger partial charge in [0.15, 0.2) is 0 Å². The van der Waals surface area contributed by atoms with E-state index < -0.39 is 10.0 Å². The first-order chi connectivity index (χ1) is 18.2. The molecule has 2 unspecified atom stereocenters. The molecule has 2 aromatic carbocycles. The van der Waals surface area contributed by atoms with Crippen molar-refractivity contribution in [2.24, 2.45) is 0 Å². The van der Waals surface area contributed by atoms with E-state index in [0.717, 1.165) is 11.2 Å². The van der Waals surface area contributed by atoms with Crippen LogP contribution in [0.5, 0.6) is 0 Å². The van der Waals surface area contributed by atoms with E-state index in [9.17, 15) is 8.42 Å². The van der Waals surface area contributed by atoms with Crippen molar-refractivity contribution >= 4 is 26.7 Å². The second kappa shape index (κ2) is 12.1. The fourth-order valence-corrected chi connectivity index (χ4v) is 6.20. The number of ether oxygens (including phenoxy) is 1. The molecule has 2 aromatic heterocycles. The van der Waals surface area contributed by atoms with E-state index in [2.05, 4.69) is 62.4 Å². The summed E-state index contributed by atoms with van der Waals surface area (Å²) in [6, 6.07) is 21.0. The average Bonchev–Trinajstić information content (AvgIpc) is 3.40. The van der Waals surface area contributed by atoms with Crippen LogP contribution >= 0.6 is 0 Å². The number of hydrogen-bond acceptors (Lipinski definition) is 7.